The van der Waals surface area contributed by atoms with Gasteiger partial charge in [-0.2, -0.15) is 0 Å². The Bertz CT molecular complexity index is 549. The molecule has 0 fully saturated rings. The number of nitrogens with one attached hydrogen (secondary N) is 1. The molecule has 0 amide bonds. The third-order valence-corrected chi connectivity index (χ3v) is 4.21. The van der Waals surface area contributed by atoms with Crippen LogP contribution >= 0.6 is 15.9 Å². The Labute approximate surface area is 120 Å². The molecule has 0 saturated heterocycles. The van der Waals surface area contributed by atoms with Crippen molar-refractivity contribution in [2.45, 2.75) is 19.4 Å². The van der Waals surface area contributed by atoms with Crippen LogP contribution in [0.3, 0.4) is 0 Å². The molecule has 108 valence electrons. The first-order valence-corrected chi connectivity index (χ1v) is 8.63. The first-order chi connectivity index (χ1) is 8.74. The molecule has 1 aromatic carbocycles. The molecule has 19 heavy (non-hydrogen) atoms. The van der Waals surface area contributed by atoms with Gasteiger partial charge in [0.15, 0.2) is 0 Å². The van der Waals surface area contributed by atoms with Crippen molar-refractivity contribution in [2.75, 3.05) is 18.6 Å². The third kappa shape index (κ3) is 5.16. The monoisotopic (exact) mass is 355 g/mol. The van der Waals surface area contributed by atoms with Crippen molar-refractivity contribution in [1.82, 2.24) is 5.32 Å². The number of likely N-dealkylation sites (N-methyl/N-ethyl adjacent to an activating group) is 1. The molecule has 3 nitrogen and oxygen atoms in total. The summed E-state index contributed by atoms with van der Waals surface area (Å²) in [6.07, 6.45) is 1.09. The summed E-state index contributed by atoms with van der Waals surface area (Å²) < 4.78 is 50.2. The number of rotatable bonds is 6. The van der Waals surface area contributed by atoms with E-state index in [4.69, 9.17) is 0 Å². The highest BCUT2D eigenvalue weighted by Crippen LogP contribution is 2.23. The van der Waals surface area contributed by atoms with Gasteiger partial charge in [0.1, 0.15) is 21.5 Å². The van der Waals surface area contributed by atoms with E-state index in [-0.39, 0.29) is 22.2 Å². The Morgan fingerprint density at radius 2 is 2.00 bits per heavy atom. The van der Waals surface area contributed by atoms with Crippen LogP contribution in [0.5, 0.6) is 0 Å². The summed E-state index contributed by atoms with van der Waals surface area (Å²) in [7, 11) is -3.22. The minimum absolute atomic E-state index is 0.0159. The molecule has 0 saturated carbocycles. The van der Waals surface area contributed by atoms with Crippen molar-refractivity contribution in [3.05, 3.63) is 33.8 Å². The van der Waals surface area contributed by atoms with Crippen molar-refractivity contribution < 1.29 is 17.2 Å². The minimum atomic E-state index is -3.22. The van der Waals surface area contributed by atoms with Gasteiger partial charge in [-0.1, -0.05) is 6.92 Å². The van der Waals surface area contributed by atoms with Gasteiger partial charge < -0.3 is 5.32 Å². The van der Waals surface area contributed by atoms with E-state index >= 15 is 0 Å². The smallest absolute Gasteiger partial charge is 0.148 e. The standard InChI is InChI=1S/C12H16BrF2NO2S/c1-3-16-8(7-19(2,17)18)6-9-11(14)5-4-10(13)12(9)15/h4-5,8,16H,3,6-7H2,1-2H3. The van der Waals surface area contributed by atoms with Crippen LogP contribution in [0.25, 0.3) is 0 Å². The minimum Gasteiger partial charge on any atom is -0.313 e. The fourth-order valence-corrected chi connectivity index (χ4v) is 3.18. The molecule has 0 aliphatic rings. The van der Waals surface area contributed by atoms with E-state index in [1.165, 1.54) is 6.07 Å². The molecule has 0 aliphatic carbocycles. The Morgan fingerprint density at radius 3 is 2.53 bits per heavy atom. The number of halogens is 3. The normalized spacial score (nSPS) is 13.5. The summed E-state index contributed by atoms with van der Waals surface area (Å²) in [5.41, 5.74) is -0.107. The van der Waals surface area contributed by atoms with Gasteiger partial charge in [0.2, 0.25) is 0 Å². The van der Waals surface area contributed by atoms with Gasteiger partial charge in [0.05, 0.1) is 10.2 Å². The van der Waals surface area contributed by atoms with Crippen molar-refractivity contribution >= 4 is 25.8 Å². The van der Waals surface area contributed by atoms with Gasteiger partial charge in [-0.25, -0.2) is 17.2 Å². The van der Waals surface area contributed by atoms with Crippen molar-refractivity contribution in [3.8, 4) is 0 Å². The molecule has 0 aromatic heterocycles. The molecule has 1 N–H and O–H groups in total. The maximum absolute atomic E-state index is 13.8. The Hall–Kier alpha value is -0.530. The number of hydrogen-bond acceptors (Lipinski definition) is 3. The van der Waals surface area contributed by atoms with E-state index in [1.54, 1.807) is 0 Å². The summed E-state index contributed by atoms with van der Waals surface area (Å²) >= 11 is 2.99. The van der Waals surface area contributed by atoms with Gasteiger partial charge in [0, 0.05) is 17.9 Å². The maximum Gasteiger partial charge on any atom is 0.148 e. The third-order valence-electron chi connectivity index (χ3n) is 2.59. The Morgan fingerprint density at radius 1 is 1.37 bits per heavy atom. The molecule has 0 spiro atoms. The second-order valence-corrected chi connectivity index (χ2v) is 7.41. The lowest BCUT2D eigenvalue weighted by molar-refractivity contribution is 0.501. The molecule has 1 unspecified atom stereocenters. The molecule has 0 radical (unpaired) electrons. The highest BCUT2D eigenvalue weighted by atomic mass is 79.9. The topological polar surface area (TPSA) is 46.2 Å². The van der Waals surface area contributed by atoms with Gasteiger partial charge in [0.25, 0.3) is 0 Å². The molecule has 0 heterocycles. The van der Waals surface area contributed by atoms with E-state index in [1.807, 2.05) is 6.92 Å². The average molecular weight is 356 g/mol. The maximum atomic E-state index is 13.8. The van der Waals surface area contributed by atoms with Crippen LogP contribution in [-0.4, -0.2) is 33.0 Å². The lowest BCUT2D eigenvalue weighted by Crippen LogP contribution is -2.37. The lowest BCUT2D eigenvalue weighted by Gasteiger charge is -2.18. The van der Waals surface area contributed by atoms with Crippen LogP contribution in [0.1, 0.15) is 12.5 Å². The number of hydrogen-bond donors (Lipinski definition) is 1. The zero-order valence-corrected chi connectivity index (χ0v) is 13.1. The van der Waals surface area contributed by atoms with E-state index in [2.05, 4.69) is 21.2 Å². The molecule has 1 atom stereocenters. The molecule has 0 bridgehead atoms. The number of benzene rings is 1. The van der Waals surface area contributed by atoms with Gasteiger partial charge in [-0.05, 0) is 41.0 Å². The van der Waals surface area contributed by atoms with Crippen LogP contribution in [0.15, 0.2) is 16.6 Å². The quantitative estimate of drug-likeness (QED) is 0.796. The molecule has 1 aromatic rings. The zero-order valence-electron chi connectivity index (χ0n) is 10.7. The fourth-order valence-electron chi connectivity index (χ4n) is 1.85. The van der Waals surface area contributed by atoms with Gasteiger partial charge >= 0.3 is 0 Å². The van der Waals surface area contributed by atoms with Crippen LogP contribution in [0.4, 0.5) is 8.78 Å². The summed E-state index contributed by atoms with van der Waals surface area (Å²) in [6.45, 7) is 2.33. The van der Waals surface area contributed by atoms with Crippen LogP contribution in [0.2, 0.25) is 0 Å². The molecule has 7 heteroatoms. The van der Waals surface area contributed by atoms with E-state index in [0.717, 1.165) is 12.3 Å². The molecular weight excluding hydrogens is 340 g/mol. The lowest BCUT2D eigenvalue weighted by atomic mass is 10.1. The Balaban J connectivity index is 3.00. The van der Waals surface area contributed by atoms with E-state index in [9.17, 15) is 17.2 Å². The van der Waals surface area contributed by atoms with E-state index < -0.39 is 27.5 Å². The summed E-state index contributed by atoms with van der Waals surface area (Å²) in [5, 5.41) is 2.93. The average Bonchev–Trinajstić information content (AvgIpc) is 2.28. The highest BCUT2D eigenvalue weighted by molar-refractivity contribution is 9.10. The first-order valence-electron chi connectivity index (χ1n) is 5.78. The molecule has 0 aliphatic heterocycles. The van der Waals surface area contributed by atoms with Crippen LogP contribution < -0.4 is 5.32 Å². The van der Waals surface area contributed by atoms with Crippen molar-refractivity contribution in [3.63, 3.8) is 0 Å². The summed E-state index contributed by atoms with van der Waals surface area (Å²) in [5.74, 6) is -1.51. The summed E-state index contributed by atoms with van der Waals surface area (Å²) in [4.78, 5) is 0. The van der Waals surface area contributed by atoms with Gasteiger partial charge in [-0.3, -0.25) is 0 Å². The second kappa shape index (κ2) is 6.76. The van der Waals surface area contributed by atoms with Crippen LogP contribution in [0, 0.1) is 11.6 Å². The SMILES string of the molecule is CCNC(Cc1c(F)ccc(Br)c1F)CS(C)(=O)=O. The molecular formula is C12H16BrF2NO2S. The van der Waals surface area contributed by atoms with Gasteiger partial charge in [-0.15, -0.1) is 0 Å². The second-order valence-electron chi connectivity index (χ2n) is 4.37. The Kier molecular flexibility index (Phi) is 5.88. The predicted molar refractivity (Wildman–Crippen MR) is 74.9 cm³/mol. The number of sulfone groups is 1. The van der Waals surface area contributed by atoms with E-state index in [0.29, 0.717) is 6.54 Å². The largest absolute Gasteiger partial charge is 0.313 e. The fraction of sp³-hybridized carbons (Fsp3) is 0.500. The predicted octanol–water partition coefficient (Wildman–Crippen LogP) is 2.29. The van der Waals surface area contributed by atoms with Crippen molar-refractivity contribution in [2.24, 2.45) is 0 Å². The van der Waals surface area contributed by atoms with Crippen LogP contribution in [-0.2, 0) is 16.3 Å². The first kappa shape index (κ1) is 16.5. The zero-order chi connectivity index (χ0) is 14.6. The summed E-state index contributed by atoms with van der Waals surface area (Å²) in [6, 6.07) is 1.93. The van der Waals surface area contributed by atoms with Crippen molar-refractivity contribution in [1.29, 1.82) is 0 Å². The molecule has 1 rings (SSSR count). The highest BCUT2D eigenvalue weighted by Gasteiger charge is 2.20.